The van der Waals surface area contributed by atoms with Crippen molar-refractivity contribution in [3.05, 3.63) is 22.4 Å². The molecule has 3 heteroatoms. The largest absolute Gasteiger partial charge is 0.326 e. The minimum atomic E-state index is 0.207. The fourth-order valence-corrected chi connectivity index (χ4v) is 4.02. The molecule has 0 amide bonds. The third-order valence-corrected chi connectivity index (χ3v) is 5.32. The molecular formula is C15H26N2S. The summed E-state index contributed by atoms with van der Waals surface area (Å²) < 4.78 is 0. The van der Waals surface area contributed by atoms with E-state index in [1.807, 2.05) is 0 Å². The Morgan fingerprint density at radius 3 is 2.44 bits per heavy atom. The molecule has 1 unspecified atom stereocenters. The van der Waals surface area contributed by atoms with Gasteiger partial charge in [0, 0.05) is 11.6 Å². The first-order valence-corrected chi connectivity index (χ1v) is 8.03. The molecule has 2 nitrogen and oxygen atoms in total. The quantitative estimate of drug-likeness (QED) is 0.848. The van der Waals surface area contributed by atoms with Crippen LogP contribution in [-0.4, -0.2) is 30.6 Å². The molecule has 0 saturated heterocycles. The second kappa shape index (κ2) is 6.18. The topological polar surface area (TPSA) is 29.3 Å². The minimum absolute atomic E-state index is 0.207. The Labute approximate surface area is 115 Å². The van der Waals surface area contributed by atoms with Crippen LogP contribution in [0.15, 0.2) is 16.8 Å². The highest BCUT2D eigenvalue weighted by Gasteiger charge is 2.38. The van der Waals surface area contributed by atoms with Gasteiger partial charge in [-0.05, 0) is 55.7 Å². The molecule has 2 rings (SSSR count). The van der Waals surface area contributed by atoms with Crippen molar-refractivity contribution in [1.29, 1.82) is 0 Å². The lowest BCUT2D eigenvalue weighted by molar-refractivity contribution is 0.0968. The summed E-state index contributed by atoms with van der Waals surface area (Å²) in [5.41, 5.74) is 8.22. The average molecular weight is 266 g/mol. The maximum Gasteiger partial charge on any atom is 0.0357 e. The van der Waals surface area contributed by atoms with E-state index in [4.69, 9.17) is 5.73 Å². The molecule has 1 aromatic heterocycles. The van der Waals surface area contributed by atoms with Gasteiger partial charge in [0.15, 0.2) is 0 Å². The molecular weight excluding hydrogens is 240 g/mol. The monoisotopic (exact) mass is 266 g/mol. The van der Waals surface area contributed by atoms with Crippen LogP contribution in [0, 0.1) is 0 Å². The van der Waals surface area contributed by atoms with Gasteiger partial charge in [0.25, 0.3) is 0 Å². The van der Waals surface area contributed by atoms with Gasteiger partial charge in [0.05, 0.1) is 0 Å². The van der Waals surface area contributed by atoms with Crippen molar-refractivity contribution < 1.29 is 0 Å². The number of likely N-dealkylation sites (N-methyl/N-ethyl adjacent to an activating group) is 1. The molecule has 0 aromatic carbocycles. The van der Waals surface area contributed by atoms with Crippen molar-refractivity contribution in [3.63, 3.8) is 0 Å². The zero-order valence-corrected chi connectivity index (χ0v) is 12.5. The van der Waals surface area contributed by atoms with Gasteiger partial charge >= 0.3 is 0 Å². The normalized spacial score (nSPS) is 21.8. The fourth-order valence-electron chi connectivity index (χ4n) is 3.34. The highest BCUT2D eigenvalue weighted by Crippen LogP contribution is 2.34. The number of hydrogen-bond acceptors (Lipinski definition) is 3. The summed E-state index contributed by atoms with van der Waals surface area (Å²) in [6, 6.07) is 2.46. The molecule has 1 saturated carbocycles. The summed E-state index contributed by atoms with van der Waals surface area (Å²) in [5.74, 6) is 0. The lowest BCUT2D eigenvalue weighted by Gasteiger charge is -2.44. The van der Waals surface area contributed by atoms with Crippen molar-refractivity contribution in [1.82, 2.24) is 4.90 Å². The maximum atomic E-state index is 6.61. The Morgan fingerprint density at radius 1 is 1.28 bits per heavy atom. The molecule has 1 aliphatic carbocycles. The highest BCUT2D eigenvalue weighted by molar-refractivity contribution is 7.07. The Hall–Kier alpha value is -0.380. The zero-order chi connectivity index (χ0) is 13.0. The minimum Gasteiger partial charge on any atom is -0.326 e. The smallest absolute Gasteiger partial charge is 0.0357 e. The zero-order valence-electron chi connectivity index (χ0n) is 11.7. The Balaban J connectivity index is 2.12. The van der Waals surface area contributed by atoms with Crippen molar-refractivity contribution in [2.24, 2.45) is 5.73 Å². The van der Waals surface area contributed by atoms with Crippen molar-refractivity contribution in [2.45, 2.75) is 56.5 Å². The molecule has 0 radical (unpaired) electrons. The predicted octanol–water partition coefficient (Wildman–Crippen LogP) is 3.27. The summed E-state index contributed by atoms with van der Waals surface area (Å²) in [6.45, 7) is 0. The SMILES string of the molecule is CN(C)C1(C(N)Cc2ccsc2)CCCCCC1. The summed E-state index contributed by atoms with van der Waals surface area (Å²) in [6.07, 6.45) is 8.94. The van der Waals surface area contributed by atoms with Crippen LogP contribution in [0.25, 0.3) is 0 Å². The predicted molar refractivity (Wildman–Crippen MR) is 80.1 cm³/mol. The second-order valence-corrected chi connectivity index (χ2v) is 6.63. The van der Waals surface area contributed by atoms with E-state index in [0.29, 0.717) is 0 Å². The van der Waals surface area contributed by atoms with E-state index in [9.17, 15) is 0 Å². The van der Waals surface area contributed by atoms with Gasteiger partial charge in [-0.3, -0.25) is 0 Å². The van der Waals surface area contributed by atoms with Crippen molar-refractivity contribution >= 4 is 11.3 Å². The summed E-state index contributed by atoms with van der Waals surface area (Å²) >= 11 is 1.77. The van der Waals surface area contributed by atoms with Gasteiger partial charge in [0.1, 0.15) is 0 Å². The number of rotatable bonds is 4. The average Bonchev–Trinajstić information content (AvgIpc) is 2.70. The van der Waals surface area contributed by atoms with E-state index in [2.05, 4.69) is 35.8 Å². The molecule has 1 fully saturated rings. The summed E-state index contributed by atoms with van der Waals surface area (Å²) in [7, 11) is 4.41. The van der Waals surface area contributed by atoms with E-state index in [1.54, 1.807) is 11.3 Å². The Kier molecular flexibility index (Phi) is 4.82. The highest BCUT2D eigenvalue weighted by atomic mass is 32.1. The van der Waals surface area contributed by atoms with Gasteiger partial charge in [-0.25, -0.2) is 0 Å². The first-order valence-electron chi connectivity index (χ1n) is 7.09. The first kappa shape index (κ1) is 14.0. The Bertz CT molecular complexity index is 337. The van der Waals surface area contributed by atoms with Crippen molar-refractivity contribution in [3.8, 4) is 0 Å². The second-order valence-electron chi connectivity index (χ2n) is 5.85. The summed E-state index contributed by atoms with van der Waals surface area (Å²) in [5, 5.41) is 4.39. The lowest BCUT2D eigenvalue weighted by Crippen LogP contribution is -2.58. The van der Waals surface area contributed by atoms with Crippen LogP contribution in [0.4, 0.5) is 0 Å². The van der Waals surface area contributed by atoms with E-state index >= 15 is 0 Å². The van der Waals surface area contributed by atoms with Crippen LogP contribution in [0.1, 0.15) is 44.1 Å². The van der Waals surface area contributed by atoms with Gasteiger partial charge in [-0.2, -0.15) is 11.3 Å². The van der Waals surface area contributed by atoms with Crippen LogP contribution in [0.2, 0.25) is 0 Å². The maximum absolute atomic E-state index is 6.61. The van der Waals surface area contributed by atoms with Gasteiger partial charge < -0.3 is 10.6 Å². The van der Waals surface area contributed by atoms with Crippen molar-refractivity contribution in [2.75, 3.05) is 14.1 Å². The fraction of sp³-hybridized carbons (Fsp3) is 0.733. The van der Waals surface area contributed by atoms with Crippen LogP contribution >= 0.6 is 11.3 Å². The molecule has 0 bridgehead atoms. The van der Waals surface area contributed by atoms with Gasteiger partial charge in [-0.1, -0.05) is 25.7 Å². The molecule has 102 valence electrons. The van der Waals surface area contributed by atoms with Crippen LogP contribution in [0.3, 0.4) is 0 Å². The van der Waals surface area contributed by atoms with E-state index in [-0.39, 0.29) is 11.6 Å². The lowest BCUT2D eigenvalue weighted by atomic mass is 9.79. The van der Waals surface area contributed by atoms with Crippen LogP contribution in [0.5, 0.6) is 0 Å². The molecule has 2 N–H and O–H groups in total. The number of hydrogen-bond donors (Lipinski definition) is 1. The molecule has 18 heavy (non-hydrogen) atoms. The van der Waals surface area contributed by atoms with Gasteiger partial charge in [0.2, 0.25) is 0 Å². The summed E-state index contributed by atoms with van der Waals surface area (Å²) in [4.78, 5) is 2.40. The van der Waals surface area contributed by atoms with E-state index < -0.39 is 0 Å². The first-order chi connectivity index (χ1) is 8.65. The van der Waals surface area contributed by atoms with E-state index in [1.165, 1.54) is 44.1 Å². The molecule has 0 spiro atoms. The van der Waals surface area contributed by atoms with E-state index in [0.717, 1.165) is 6.42 Å². The Morgan fingerprint density at radius 2 is 1.94 bits per heavy atom. The third kappa shape index (κ3) is 2.95. The molecule has 0 aliphatic heterocycles. The number of nitrogens with two attached hydrogens (primary N) is 1. The molecule has 1 atom stereocenters. The van der Waals surface area contributed by atoms with Crippen LogP contribution < -0.4 is 5.73 Å². The van der Waals surface area contributed by atoms with Gasteiger partial charge in [-0.15, -0.1) is 0 Å². The molecule has 1 aliphatic rings. The number of nitrogens with zero attached hydrogens (tertiary/aromatic N) is 1. The standard InChI is InChI=1S/C15H26N2S/c1-17(2)15(8-5-3-4-6-9-15)14(16)11-13-7-10-18-12-13/h7,10,12,14H,3-6,8-9,11,16H2,1-2H3. The van der Waals surface area contributed by atoms with Crippen LogP contribution in [-0.2, 0) is 6.42 Å². The number of thiophene rings is 1. The molecule has 1 aromatic rings. The molecule has 1 heterocycles. The third-order valence-electron chi connectivity index (χ3n) is 4.59.